The Bertz CT molecular complexity index is 854. The van der Waals surface area contributed by atoms with Crippen LogP contribution in [0.25, 0.3) is 0 Å². The van der Waals surface area contributed by atoms with E-state index in [1.165, 1.54) is 51.4 Å². The van der Waals surface area contributed by atoms with E-state index in [4.69, 9.17) is 9.47 Å². The molecule has 3 saturated carbocycles. The quantitative estimate of drug-likeness (QED) is 0.323. The zero-order valence-corrected chi connectivity index (χ0v) is 24.9. The first-order chi connectivity index (χ1) is 18.0. The van der Waals surface area contributed by atoms with Gasteiger partial charge in [-0.1, -0.05) is 65.5 Å². The minimum Gasteiger partial charge on any atom is -0.391 e. The highest BCUT2D eigenvalue weighted by atomic mass is 16.7. The van der Waals surface area contributed by atoms with Crippen molar-refractivity contribution in [3.05, 3.63) is 11.6 Å². The lowest BCUT2D eigenvalue weighted by Crippen LogP contribution is -2.51. The molecule has 0 amide bonds. The molecule has 3 N–H and O–H groups in total. The first-order valence-electron chi connectivity index (χ1n) is 16.0. The molecule has 218 valence electrons. The Morgan fingerprint density at radius 3 is 2.42 bits per heavy atom. The van der Waals surface area contributed by atoms with Crippen molar-refractivity contribution in [2.75, 3.05) is 0 Å². The Kier molecular flexibility index (Phi) is 8.47. The highest BCUT2D eigenvalue weighted by Crippen LogP contribution is 2.67. The summed E-state index contributed by atoms with van der Waals surface area (Å²) in [5.41, 5.74) is 2.31. The van der Waals surface area contributed by atoms with Gasteiger partial charge >= 0.3 is 0 Å². The van der Waals surface area contributed by atoms with Crippen molar-refractivity contribution in [3.8, 4) is 0 Å². The summed E-state index contributed by atoms with van der Waals surface area (Å²) in [6, 6.07) is 0. The lowest BCUT2D eigenvalue weighted by atomic mass is 9.47. The van der Waals surface area contributed by atoms with Crippen molar-refractivity contribution in [2.24, 2.45) is 46.3 Å². The van der Waals surface area contributed by atoms with Crippen LogP contribution in [-0.2, 0) is 9.47 Å². The van der Waals surface area contributed by atoms with Gasteiger partial charge in [0.05, 0.1) is 12.2 Å². The van der Waals surface area contributed by atoms with E-state index in [1.807, 2.05) is 0 Å². The molecule has 5 heteroatoms. The predicted molar refractivity (Wildman–Crippen MR) is 150 cm³/mol. The summed E-state index contributed by atoms with van der Waals surface area (Å²) in [7, 11) is 0. The van der Waals surface area contributed by atoms with Crippen LogP contribution in [0.5, 0.6) is 0 Å². The van der Waals surface area contributed by atoms with Crippen LogP contribution < -0.4 is 0 Å². The number of rotatable bonds is 8. The molecule has 1 saturated heterocycles. The number of ether oxygens (including phenoxy) is 2. The predicted octanol–water partition coefficient (Wildman–Crippen LogP) is 6.24. The molecular formula is C33H56O5. The molecule has 13 atom stereocenters. The summed E-state index contributed by atoms with van der Waals surface area (Å²) < 4.78 is 12.0. The molecule has 4 aliphatic carbocycles. The first kappa shape index (κ1) is 29.0. The fourth-order valence-electron chi connectivity index (χ4n) is 10.1. The largest absolute Gasteiger partial charge is 0.391 e. The second-order valence-electron chi connectivity index (χ2n) is 15.0. The normalized spacial score (nSPS) is 48.3. The van der Waals surface area contributed by atoms with E-state index in [9.17, 15) is 15.3 Å². The lowest BCUT2D eigenvalue weighted by Gasteiger charge is -2.58. The molecular weight excluding hydrogens is 476 g/mol. The molecule has 0 spiro atoms. The average molecular weight is 533 g/mol. The van der Waals surface area contributed by atoms with Crippen LogP contribution in [0.3, 0.4) is 0 Å². The summed E-state index contributed by atoms with van der Waals surface area (Å²) in [5, 5.41) is 30.6. The van der Waals surface area contributed by atoms with Gasteiger partial charge in [-0.25, -0.2) is 0 Å². The number of allylic oxidation sites excluding steroid dienone is 1. The maximum atomic E-state index is 10.5. The van der Waals surface area contributed by atoms with Crippen LogP contribution in [0.4, 0.5) is 0 Å². The van der Waals surface area contributed by atoms with E-state index < -0.39 is 30.7 Å². The monoisotopic (exact) mass is 532 g/mol. The van der Waals surface area contributed by atoms with Crippen LogP contribution in [0.15, 0.2) is 11.6 Å². The molecule has 1 heterocycles. The summed E-state index contributed by atoms with van der Waals surface area (Å²) in [5.74, 6) is 5.00. The van der Waals surface area contributed by atoms with Crippen LogP contribution in [-0.4, -0.2) is 52.1 Å². The van der Waals surface area contributed by atoms with E-state index in [0.29, 0.717) is 5.41 Å². The van der Waals surface area contributed by atoms with E-state index >= 15 is 0 Å². The molecule has 5 rings (SSSR count). The van der Waals surface area contributed by atoms with Crippen LogP contribution in [0, 0.1) is 46.3 Å². The second-order valence-corrected chi connectivity index (χ2v) is 15.0. The maximum absolute atomic E-state index is 10.5. The Labute approximate surface area is 231 Å². The van der Waals surface area contributed by atoms with Gasteiger partial charge in [0, 0.05) is 0 Å². The van der Waals surface area contributed by atoms with E-state index in [1.54, 1.807) is 12.5 Å². The number of fused-ring (bicyclic) bond motifs is 5. The Balaban J connectivity index is 1.23. The van der Waals surface area contributed by atoms with Gasteiger partial charge in [0.2, 0.25) is 0 Å². The van der Waals surface area contributed by atoms with Gasteiger partial charge in [0.25, 0.3) is 0 Å². The van der Waals surface area contributed by atoms with Crippen LogP contribution in [0.2, 0.25) is 0 Å². The summed E-state index contributed by atoms with van der Waals surface area (Å²) in [6.07, 6.45) is 11.7. The fourth-order valence-corrected chi connectivity index (χ4v) is 10.1. The third kappa shape index (κ3) is 5.06. The third-order valence-corrected chi connectivity index (χ3v) is 12.3. The average Bonchev–Trinajstić information content (AvgIpc) is 3.35. The molecule has 0 aromatic rings. The number of hydrogen-bond acceptors (Lipinski definition) is 5. The molecule has 0 bridgehead atoms. The molecule has 5 nitrogen and oxygen atoms in total. The fraction of sp³-hybridized carbons (Fsp3) is 0.939. The number of aliphatic hydroxyl groups is 3. The minimum atomic E-state index is -1.12. The molecule has 0 radical (unpaired) electrons. The molecule has 38 heavy (non-hydrogen) atoms. The van der Waals surface area contributed by atoms with Crippen molar-refractivity contribution >= 4 is 0 Å². The summed E-state index contributed by atoms with van der Waals surface area (Å²) in [6.45, 7) is 14.0. The zero-order chi connectivity index (χ0) is 27.4. The molecule has 4 fully saturated rings. The van der Waals surface area contributed by atoms with Gasteiger partial charge in [-0.3, -0.25) is 0 Å². The Morgan fingerprint density at radius 2 is 1.74 bits per heavy atom. The molecule has 0 unspecified atom stereocenters. The highest BCUT2D eigenvalue weighted by molar-refractivity contribution is 5.25. The van der Waals surface area contributed by atoms with Crippen molar-refractivity contribution in [2.45, 2.75) is 149 Å². The van der Waals surface area contributed by atoms with E-state index in [2.05, 4.69) is 40.7 Å². The Hall–Kier alpha value is -0.460. The van der Waals surface area contributed by atoms with Crippen molar-refractivity contribution in [3.63, 3.8) is 0 Å². The summed E-state index contributed by atoms with van der Waals surface area (Å²) in [4.78, 5) is 0. The summed E-state index contributed by atoms with van der Waals surface area (Å²) >= 11 is 0. The van der Waals surface area contributed by atoms with Gasteiger partial charge in [-0.05, 0) is 105 Å². The van der Waals surface area contributed by atoms with Crippen molar-refractivity contribution in [1.29, 1.82) is 0 Å². The molecule has 0 aromatic heterocycles. The minimum absolute atomic E-state index is 0.0121. The number of hydrogen-bond donors (Lipinski definition) is 3. The lowest BCUT2D eigenvalue weighted by molar-refractivity contribution is -0.205. The van der Waals surface area contributed by atoms with Crippen molar-refractivity contribution < 1.29 is 24.8 Å². The van der Waals surface area contributed by atoms with Crippen LogP contribution >= 0.6 is 0 Å². The number of aliphatic hydroxyl groups excluding tert-OH is 3. The maximum Gasteiger partial charge on any atom is 0.186 e. The second kappa shape index (κ2) is 11.1. The third-order valence-electron chi connectivity index (χ3n) is 12.3. The van der Waals surface area contributed by atoms with Gasteiger partial charge in [-0.2, -0.15) is 0 Å². The van der Waals surface area contributed by atoms with Gasteiger partial charge in [-0.15, -0.1) is 0 Å². The molecule has 5 aliphatic rings. The standard InChI is InChI=1S/C33H56O5/c1-19(2)8-7-9-20(3)25-12-13-26-24-11-10-22-18-23(37-31-29(36)28(35)30(38-31)21(4)34)14-16-32(22,5)27(24)15-17-33(25,26)6/h10,19-21,23-31,34-36H,7-9,11-18H2,1-6H3/t20-,21+,23+,24+,25-,26+,27+,28+,29+,30-,31+,32+,33-/m1/s1. The topological polar surface area (TPSA) is 79.2 Å². The zero-order valence-electron chi connectivity index (χ0n) is 24.9. The van der Waals surface area contributed by atoms with E-state index in [0.717, 1.165) is 54.8 Å². The van der Waals surface area contributed by atoms with Gasteiger partial charge < -0.3 is 24.8 Å². The Morgan fingerprint density at radius 1 is 0.974 bits per heavy atom. The van der Waals surface area contributed by atoms with Gasteiger partial charge in [0.1, 0.15) is 18.3 Å². The smallest absolute Gasteiger partial charge is 0.186 e. The molecule has 0 aromatic carbocycles. The van der Waals surface area contributed by atoms with E-state index in [-0.39, 0.29) is 11.5 Å². The van der Waals surface area contributed by atoms with Crippen molar-refractivity contribution in [1.82, 2.24) is 0 Å². The first-order valence-corrected chi connectivity index (χ1v) is 16.0. The van der Waals surface area contributed by atoms with Gasteiger partial charge in [0.15, 0.2) is 6.29 Å². The molecule has 1 aliphatic heterocycles. The van der Waals surface area contributed by atoms with Crippen LogP contribution in [0.1, 0.15) is 112 Å². The SMILES string of the molecule is CC(C)CCC[C@@H](C)[C@H]1CC[C@H]2[C@@H]3CC=C4C[C@@H](O[C@H]5O[C@H]([C@H](C)O)[C@@H](O)[C@@H]5O)CC[C@]4(C)[C@H]3CC[C@]12C. The highest BCUT2D eigenvalue weighted by Gasteiger charge is 2.59.